The highest BCUT2D eigenvalue weighted by Crippen LogP contribution is 2.26. The minimum absolute atomic E-state index is 0.0450. The van der Waals surface area contributed by atoms with Crippen molar-refractivity contribution in [3.8, 4) is 5.75 Å². The summed E-state index contributed by atoms with van der Waals surface area (Å²) in [5, 5.41) is 9.33. The van der Waals surface area contributed by atoms with E-state index in [9.17, 15) is 5.11 Å². The lowest BCUT2D eigenvalue weighted by Gasteiger charge is -2.31. The van der Waals surface area contributed by atoms with Gasteiger partial charge in [0.2, 0.25) is 0 Å². The minimum Gasteiger partial charge on any atom is -0.492 e. The summed E-state index contributed by atoms with van der Waals surface area (Å²) in [7, 11) is 0. The van der Waals surface area contributed by atoms with Crippen molar-refractivity contribution in [3.63, 3.8) is 0 Å². The summed E-state index contributed by atoms with van der Waals surface area (Å²) >= 11 is 0. The number of aryl methyl sites for hydroxylation is 1. The lowest BCUT2D eigenvalue weighted by Crippen LogP contribution is -2.33. The van der Waals surface area contributed by atoms with Crippen molar-refractivity contribution < 1.29 is 14.6 Å². The molecule has 26 heavy (non-hydrogen) atoms. The van der Waals surface area contributed by atoms with Gasteiger partial charge >= 0.3 is 0 Å². The van der Waals surface area contributed by atoms with E-state index in [0.717, 1.165) is 30.8 Å². The third-order valence-electron chi connectivity index (χ3n) is 4.83. The number of hydrogen-bond acceptors (Lipinski definition) is 4. The first-order chi connectivity index (χ1) is 12.8. The molecule has 0 bridgehead atoms. The van der Waals surface area contributed by atoms with Crippen molar-refractivity contribution in [2.24, 2.45) is 0 Å². The first-order valence-corrected chi connectivity index (χ1v) is 9.57. The maximum atomic E-state index is 9.33. The van der Waals surface area contributed by atoms with Crippen LogP contribution in [0.3, 0.4) is 0 Å². The Kier molecular flexibility index (Phi) is 6.92. The first-order valence-electron chi connectivity index (χ1n) is 9.57. The molecule has 2 aromatic carbocycles. The van der Waals surface area contributed by atoms with Gasteiger partial charge in [-0.05, 0) is 49.1 Å². The van der Waals surface area contributed by atoms with E-state index in [0.29, 0.717) is 13.2 Å². The van der Waals surface area contributed by atoms with Gasteiger partial charge < -0.3 is 19.5 Å². The molecule has 0 radical (unpaired) electrons. The van der Waals surface area contributed by atoms with Crippen LogP contribution in [0.1, 0.15) is 24.5 Å². The fourth-order valence-corrected chi connectivity index (χ4v) is 3.51. The highest BCUT2D eigenvalue weighted by atomic mass is 16.5. The number of rotatable bonds is 9. The van der Waals surface area contributed by atoms with Crippen LogP contribution in [0.25, 0.3) is 0 Å². The van der Waals surface area contributed by atoms with E-state index >= 15 is 0 Å². The normalized spacial score (nSPS) is 14.8. The Morgan fingerprint density at radius 1 is 1.12 bits per heavy atom. The first kappa shape index (κ1) is 18.7. The number of hydrogen-bond donors (Lipinski definition) is 1. The Hall–Kier alpha value is -2.04. The summed E-state index contributed by atoms with van der Waals surface area (Å²) in [6.07, 6.45) is 2.96. The van der Waals surface area contributed by atoms with Gasteiger partial charge in [0.1, 0.15) is 12.4 Å². The zero-order valence-corrected chi connectivity index (χ0v) is 15.6. The molecule has 3 rings (SSSR count). The van der Waals surface area contributed by atoms with Crippen LogP contribution in [-0.4, -0.2) is 44.1 Å². The quantitative estimate of drug-likeness (QED) is 0.748. The zero-order chi connectivity index (χ0) is 18.2. The summed E-state index contributed by atoms with van der Waals surface area (Å²) < 4.78 is 11.4. The van der Waals surface area contributed by atoms with Gasteiger partial charge in [0.05, 0.1) is 19.3 Å². The van der Waals surface area contributed by atoms with Crippen LogP contribution in [0.4, 0.5) is 5.69 Å². The maximum absolute atomic E-state index is 9.33. The van der Waals surface area contributed by atoms with Crippen LogP contribution in [0.15, 0.2) is 48.5 Å². The summed E-state index contributed by atoms with van der Waals surface area (Å²) in [5.41, 5.74) is 3.94. The molecular formula is C22H29NO3. The van der Waals surface area contributed by atoms with Gasteiger partial charge in [-0.25, -0.2) is 0 Å². The second-order valence-electron chi connectivity index (χ2n) is 6.68. The van der Waals surface area contributed by atoms with E-state index in [-0.39, 0.29) is 12.7 Å². The van der Waals surface area contributed by atoms with E-state index in [1.54, 1.807) is 0 Å². The van der Waals surface area contributed by atoms with Crippen LogP contribution in [0.5, 0.6) is 5.75 Å². The van der Waals surface area contributed by atoms with Crippen molar-refractivity contribution in [1.82, 2.24) is 0 Å². The molecule has 2 aromatic rings. The topological polar surface area (TPSA) is 41.9 Å². The van der Waals surface area contributed by atoms with E-state index < -0.39 is 0 Å². The predicted molar refractivity (Wildman–Crippen MR) is 105 cm³/mol. The van der Waals surface area contributed by atoms with Gasteiger partial charge in [-0.1, -0.05) is 30.3 Å². The van der Waals surface area contributed by atoms with Crippen molar-refractivity contribution >= 4 is 5.69 Å². The third kappa shape index (κ3) is 4.99. The molecule has 0 fully saturated rings. The molecule has 140 valence electrons. The fourth-order valence-electron chi connectivity index (χ4n) is 3.51. The molecule has 0 spiro atoms. The Morgan fingerprint density at radius 2 is 1.92 bits per heavy atom. The molecule has 4 heteroatoms. The van der Waals surface area contributed by atoms with E-state index in [1.165, 1.54) is 24.1 Å². The lowest BCUT2D eigenvalue weighted by molar-refractivity contribution is 0.0207. The second kappa shape index (κ2) is 9.60. The fraction of sp³-hybridized carbons (Fsp3) is 0.455. The van der Waals surface area contributed by atoms with Gasteiger partial charge in [0, 0.05) is 25.3 Å². The number of aliphatic hydroxyl groups excluding tert-OH is 1. The van der Waals surface area contributed by atoms with Crippen LogP contribution >= 0.6 is 0 Å². The number of nitrogens with zero attached hydrogens (tertiary/aromatic N) is 1. The van der Waals surface area contributed by atoms with Gasteiger partial charge in [0.25, 0.3) is 0 Å². The lowest BCUT2D eigenvalue weighted by atomic mass is 10.0. The summed E-state index contributed by atoms with van der Waals surface area (Å²) in [6, 6.07) is 16.8. The molecule has 1 N–H and O–H groups in total. The van der Waals surface area contributed by atoms with Crippen molar-refractivity contribution in [1.29, 1.82) is 0 Å². The summed E-state index contributed by atoms with van der Waals surface area (Å²) in [4.78, 5) is 2.42. The number of aliphatic hydroxyl groups is 1. The molecule has 1 atom stereocenters. The SMILES string of the molecule is CCO[C@H](CO)Cc1ccc(OCCN2CCCc3ccccc32)cc1. The van der Waals surface area contributed by atoms with E-state index in [2.05, 4.69) is 29.2 Å². The molecular weight excluding hydrogens is 326 g/mol. The standard InChI is InChI=1S/C22H29NO3/c1-2-25-21(17-24)16-18-9-11-20(12-10-18)26-15-14-23-13-5-7-19-6-3-4-8-22(19)23/h3-4,6,8-12,21,24H,2,5,7,13-17H2,1H3/t21-/m0/s1. The molecule has 1 aliphatic heterocycles. The molecule has 0 aromatic heterocycles. The summed E-state index contributed by atoms with van der Waals surface area (Å²) in [5.74, 6) is 0.885. The number of benzene rings is 2. The van der Waals surface area contributed by atoms with Gasteiger partial charge in [-0.2, -0.15) is 0 Å². The smallest absolute Gasteiger partial charge is 0.119 e. The van der Waals surface area contributed by atoms with Crippen molar-refractivity contribution in [2.75, 3.05) is 37.8 Å². The van der Waals surface area contributed by atoms with Crippen LogP contribution in [-0.2, 0) is 17.6 Å². The molecule has 1 heterocycles. The average Bonchev–Trinajstić information content (AvgIpc) is 2.69. The summed E-state index contributed by atoms with van der Waals surface area (Å²) in [6.45, 7) is 5.27. The molecule has 0 saturated heterocycles. The highest BCUT2D eigenvalue weighted by Gasteiger charge is 2.15. The molecule has 0 saturated carbocycles. The number of para-hydroxylation sites is 1. The average molecular weight is 355 g/mol. The molecule has 0 unspecified atom stereocenters. The molecule has 0 amide bonds. The monoisotopic (exact) mass is 355 g/mol. The largest absolute Gasteiger partial charge is 0.492 e. The van der Waals surface area contributed by atoms with Gasteiger partial charge in [0.15, 0.2) is 0 Å². The van der Waals surface area contributed by atoms with Gasteiger partial charge in [-0.3, -0.25) is 0 Å². The van der Waals surface area contributed by atoms with Crippen LogP contribution in [0, 0.1) is 0 Å². The van der Waals surface area contributed by atoms with Crippen LogP contribution < -0.4 is 9.64 Å². The van der Waals surface area contributed by atoms with E-state index in [4.69, 9.17) is 9.47 Å². The Balaban J connectivity index is 1.48. The second-order valence-corrected chi connectivity index (χ2v) is 6.68. The zero-order valence-electron chi connectivity index (χ0n) is 15.6. The maximum Gasteiger partial charge on any atom is 0.119 e. The number of anilines is 1. The Labute approximate surface area is 156 Å². The highest BCUT2D eigenvalue weighted by molar-refractivity contribution is 5.55. The van der Waals surface area contributed by atoms with Crippen molar-refractivity contribution in [2.45, 2.75) is 32.3 Å². The van der Waals surface area contributed by atoms with Crippen LogP contribution in [0.2, 0.25) is 0 Å². The molecule has 4 nitrogen and oxygen atoms in total. The van der Waals surface area contributed by atoms with Gasteiger partial charge in [-0.15, -0.1) is 0 Å². The number of ether oxygens (including phenoxy) is 2. The predicted octanol–water partition coefficient (Wildman–Crippen LogP) is 3.46. The van der Waals surface area contributed by atoms with Crippen molar-refractivity contribution in [3.05, 3.63) is 59.7 Å². The minimum atomic E-state index is -0.133. The van der Waals surface area contributed by atoms with E-state index in [1.807, 2.05) is 31.2 Å². The molecule has 0 aliphatic carbocycles. The molecule has 1 aliphatic rings. The Bertz CT molecular complexity index is 671. The third-order valence-corrected chi connectivity index (χ3v) is 4.83. The Morgan fingerprint density at radius 3 is 2.69 bits per heavy atom. The number of fused-ring (bicyclic) bond motifs is 1.